The van der Waals surface area contributed by atoms with Crippen LogP contribution in [-0.2, 0) is 11.4 Å². The van der Waals surface area contributed by atoms with Crippen LogP contribution in [0.3, 0.4) is 0 Å². The maximum Gasteiger partial charge on any atom is 0.234 e. The molecule has 0 saturated carbocycles. The molecule has 4 aromatic rings. The van der Waals surface area contributed by atoms with Crippen molar-refractivity contribution in [3.63, 3.8) is 0 Å². The predicted octanol–water partition coefficient (Wildman–Crippen LogP) is 5.59. The molecule has 180 valence electrons. The summed E-state index contributed by atoms with van der Waals surface area (Å²) in [6.45, 7) is 6.73. The van der Waals surface area contributed by atoms with Crippen LogP contribution in [0.25, 0.3) is 5.69 Å². The smallest absolute Gasteiger partial charge is 0.234 e. The summed E-state index contributed by atoms with van der Waals surface area (Å²) in [7, 11) is 0. The van der Waals surface area contributed by atoms with Crippen molar-refractivity contribution < 1.29 is 14.3 Å². The third kappa shape index (κ3) is 6.02. The van der Waals surface area contributed by atoms with Crippen molar-refractivity contribution in [3.05, 3.63) is 89.7 Å². The Hall–Kier alpha value is -3.78. The summed E-state index contributed by atoms with van der Waals surface area (Å²) in [5, 5.41) is 12.3. The lowest BCUT2D eigenvalue weighted by molar-refractivity contribution is -0.113. The fourth-order valence-corrected chi connectivity index (χ4v) is 4.43. The number of benzene rings is 3. The zero-order valence-electron chi connectivity index (χ0n) is 20.0. The second-order valence-corrected chi connectivity index (χ2v) is 8.79. The van der Waals surface area contributed by atoms with E-state index in [9.17, 15) is 4.79 Å². The molecule has 0 fully saturated rings. The van der Waals surface area contributed by atoms with Crippen molar-refractivity contribution in [2.75, 3.05) is 17.7 Å². The molecule has 0 radical (unpaired) electrons. The molecular formula is C27H28N4O3S. The SMILES string of the molecule is CCOc1ccccc1NC(=O)CSc1nnc(COc2c(C)cccc2C)n1-c1ccccc1. The quantitative estimate of drug-likeness (QED) is 0.293. The number of anilines is 1. The van der Waals surface area contributed by atoms with E-state index in [1.807, 2.05) is 98.1 Å². The van der Waals surface area contributed by atoms with Crippen molar-refractivity contribution in [2.24, 2.45) is 0 Å². The lowest BCUT2D eigenvalue weighted by Gasteiger charge is -2.14. The molecule has 0 saturated heterocycles. The van der Waals surface area contributed by atoms with Gasteiger partial charge in [-0.2, -0.15) is 0 Å². The Morgan fingerprint density at radius 2 is 1.63 bits per heavy atom. The molecule has 1 amide bonds. The van der Waals surface area contributed by atoms with E-state index in [0.717, 1.165) is 22.6 Å². The van der Waals surface area contributed by atoms with Crippen molar-refractivity contribution in [1.82, 2.24) is 14.8 Å². The summed E-state index contributed by atoms with van der Waals surface area (Å²) in [4.78, 5) is 12.7. The number of nitrogens with zero attached hydrogens (tertiary/aromatic N) is 3. The van der Waals surface area contributed by atoms with Crippen LogP contribution >= 0.6 is 11.8 Å². The second-order valence-electron chi connectivity index (χ2n) is 7.85. The molecule has 3 aromatic carbocycles. The van der Waals surface area contributed by atoms with Gasteiger partial charge in [0.2, 0.25) is 5.91 Å². The summed E-state index contributed by atoms with van der Waals surface area (Å²) in [5.41, 5.74) is 3.68. The Kier molecular flexibility index (Phi) is 8.05. The summed E-state index contributed by atoms with van der Waals surface area (Å²) in [6, 6.07) is 23.3. The number of thioether (sulfide) groups is 1. The van der Waals surface area contributed by atoms with E-state index in [4.69, 9.17) is 9.47 Å². The van der Waals surface area contributed by atoms with Crippen molar-refractivity contribution in [3.8, 4) is 17.2 Å². The number of ether oxygens (including phenoxy) is 2. The van der Waals surface area contributed by atoms with E-state index in [1.54, 1.807) is 0 Å². The van der Waals surface area contributed by atoms with Crippen LogP contribution in [0.2, 0.25) is 0 Å². The van der Waals surface area contributed by atoms with E-state index in [1.165, 1.54) is 11.8 Å². The van der Waals surface area contributed by atoms with Crippen molar-refractivity contribution >= 4 is 23.4 Å². The largest absolute Gasteiger partial charge is 0.492 e. The van der Waals surface area contributed by atoms with Gasteiger partial charge in [-0.25, -0.2) is 0 Å². The Morgan fingerprint density at radius 3 is 2.37 bits per heavy atom. The van der Waals surface area contributed by atoms with Crippen molar-refractivity contribution in [2.45, 2.75) is 32.5 Å². The third-order valence-electron chi connectivity index (χ3n) is 5.26. The average molecular weight is 489 g/mol. The molecule has 8 heteroatoms. The highest BCUT2D eigenvalue weighted by atomic mass is 32.2. The van der Waals surface area contributed by atoms with Gasteiger partial charge in [-0.15, -0.1) is 10.2 Å². The van der Waals surface area contributed by atoms with Gasteiger partial charge in [0.05, 0.1) is 18.0 Å². The first-order valence-corrected chi connectivity index (χ1v) is 12.4. The van der Waals surface area contributed by atoms with Crippen LogP contribution in [0, 0.1) is 13.8 Å². The van der Waals surface area contributed by atoms with Gasteiger partial charge in [0.25, 0.3) is 0 Å². The van der Waals surface area contributed by atoms with Gasteiger partial charge in [-0.05, 0) is 56.2 Å². The predicted molar refractivity (Wildman–Crippen MR) is 139 cm³/mol. The molecule has 0 aliphatic rings. The highest BCUT2D eigenvalue weighted by Gasteiger charge is 2.17. The number of hydrogen-bond donors (Lipinski definition) is 1. The standard InChI is InChI=1S/C27H28N4O3S/c1-4-33-23-16-9-8-15-22(23)28-25(32)18-35-27-30-29-24(31(27)21-13-6-5-7-14-21)17-34-26-19(2)11-10-12-20(26)3/h5-16H,4,17-18H2,1-3H3,(H,28,32). The number of amides is 1. The van der Waals surface area contributed by atoms with Gasteiger partial charge in [0, 0.05) is 5.69 Å². The molecule has 0 aliphatic carbocycles. The van der Waals surface area contributed by atoms with E-state index in [2.05, 4.69) is 15.5 Å². The number of rotatable bonds is 10. The van der Waals surface area contributed by atoms with E-state index < -0.39 is 0 Å². The minimum atomic E-state index is -0.155. The Morgan fingerprint density at radius 1 is 0.914 bits per heavy atom. The molecule has 1 aromatic heterocycles. The first-order valence-electron chi connectivity index (χ1n) is 11.4. The Labute approximate surface area is 209 Å². The van der Waals surface area contributed by atoms with Crippen LogP contribution in [0.5, 0.6) is 11.5 Å². The van der Waals surface area contributed by atoms with E-state index >= 15 is 0 Å². The summed E-state index contributed by atoms with van der Waals surface area (Å²) in [6.07, 6.45) is 0. The molecular weight excluding hydrogens is 460 g/mol. The van der Waals surface area contributed by atoms with Crippen LogP contribution < -0.4 is 14.8 Å². The topological polar surface area (TPSA) is 78.3 Å². The number of aryl methyl sites for hydroxylation is 2. The monoisotopic (exact) mass is 488 g/mol. The number of carbonyl (C=O) groups is 1. The highest BCUT2D eigenvalue weighted by molar-refractivity contribution is 7.99. The van der Waals surface area contributed by atoms with E-state index in [-0.39, 0.29) is 18.3 Å². The van der Waals surface area contributed by atoms with Gasteiger partial charge < -0.3 is 14.8 Å². The molecule has 0 atom stereocenters. The number of nitrogens with one attached hydrogen (secondary N) is 1. The average Bonchev–Trinajstić information content (AvgIpc) is 3.27. The van der Waals surface area contributed by atoms with Gasteiger partial charge in [-0.3, -0.25) is 9.36 Å². The number of para-hydroxylation sites is 4. The minimum absolute atomic E-state index is 0.155. The van der Waals surface area contributed by atoms with Crippen LogP contribution in [0.15, 0.2) is 78.0 Å². The molecule has 35 heavy (non-hydrogen) atoms. The van der Waals surface area contributed by atoms with Gasteiger partial charge in [0.1, 0.15) is 18.1 Å². The second kappa shape index (κ2) is 11.6. The van der Waals surface area contributed by atoms with Crippen LogP contribution in [0.1, 0.15) is 23.9 Å². The maximum atomic E-state index is 12.7. The number of aromatic nitrogens is 3. The molecule has 0 bridgehead atoms. The normalized spacial score (nSPS) is 10.7. The molecule has 1 heterocycles. The minimum Gasteiger partial charge on any atom is -0.492 e. The van der Waals surface area contributed by atoms with Gasteiger partial charge >= 0.3 is 0 Å². The van der Waals surface area contributed by atoms with Gasteiger partial charge in [-0.1, -0.05) is 60.3 Å². The molecule has 0 spiro atoms. The van der Waals surface area contributed by atoms with Gasteiger partial charge in [0.15, 0.2) is 11.0 Å². The third-order valence-corrected chi connectivity index (χ3v) is 6.19. The molecule has 0 aliphatic heterocycles. The molecule has 7 nitrogen and oxygen atoms in total. The zero-order valence-corrected chi connectivity index (χ0v) is 20.8. The fraction of sp³-hybridized carbons (Fsp3) is 0.222. The number of carbonyl (C=O) groups excluding carboxylic acids is 1. The molecule has 0 unspecified atom stereocenters. The Balaban J connectivity index is 1.51. The zero-order chi connectivity index (χ0) is 24.6. The fourth-order valence-electron chi connectivity index (χ4n) is 3.65. The first kappa shape index (κ1) is 24.3. The van der Waals surface area contributed by atoms with Crippen LogP contribution in [0.4, 0.5) is 5.69 Å². The molecule has 1 N–H and O–H groups in total. The van der Waals surface area contributed by atoms with Crippen molar-refractivity contribution in [1.29, 1.82) is 0 Å². The Bertz CT molecular complexity index is 1270. The molecule has 4 rings (SSSR count). The summed E-state index contributed by atoms with van der Waals surface area (Å²) >= 11 is 1.32. The summed E-state index contributed by atoms with van der Waals surface area (Å²) in [5.74, 6) is 2.16. The lowest BCUT2D eigenvalue weighted by atomic mass is 10.1. The first-order chi connectivity index (χ1) is 17.1. The van der Waals surface area contributed by atoms with Crippen LogP contribution in [-0.4, -0.2) is 33.0 Å². The van der Waals surface area contributed by atoms with E-state index in [0.29, 0.717) is 29.0 Å². The summed E-state index contributed by atoms with van der Waals surface area (Å²) < 4.78 is 13.7. The lowest BCUT2D eigenvalue weighted by Crippen LogP contribution is -2.15. The number of hydrogen-bond acceptors (Lipinski definition) is 6. The maximum absolute atomic E-state index is 12.7. The highest BCUT2D eigenvalue weighted by Crippen LogP contribution is 2.27.